The van der Waals surface area contributed by atoms with Crippen LogP contribution in [0, 0.1) is 0 Å². The Morgan fingerprint density at radius 1 is 0.464 bits per heavy atom. The minimum atomic E-state index is -2.24. The Morgan fingerprint density at radius 2 is 1.03 bits per heavy atom. The average molecular weight is 1310 g/mol. The summed E-state index contributed by atoms with van der Waals surface area (Å²) in [6.07, 6.45) is 53.9. The molecule has 0 amide bonds. The molecule has 0 aliphatic carbocycles. The zero-order chi connectivity index (χ0) is 66.2. The summed E-state index contributed by atoms with van der Waals surface area (Å²) >= 11 is 3.35. The molecule has 0 atom stereocenters. The smallest absolute Gasteiger partial charge is 0.329 e. The molecule has 20 aromatic rings. The van der Waals surface area contributed by atoms with Gasteiger partial charge < -0.3 is 9.13 Å². The van der Waals surface area contributed by atoms with E-state index in [-0.39, 0.29) is 0 Å². The van der Waals surface area contributed by atoms with Crippen molar-refractivity contribution in [1.29, 1.82) is 0 Å². The molecule has 462 valence electrons. The van der Waals surface area contributed by atoms with Gasteiger partial charge in [0.05, 0.1) is 88.8 Å². The molecule has 0 saturated carbocycles. The van der Waals surface area contributed by atoms with E-state index < -0.39 is 6.98 Å². The molecule has 0 spiro atoms. The quantitative estimate of drug-likeness (QED) is 0.133. The van der Waals surface area contributed by atoms with Gasteiger partial charge >= 0.3 is 5.78 Å². The van der Waals surface area contributed by atoms with Crippen LogP contribution in [0.2, 0.25) is 0 Å². The van der Waals surface area contributed by atoms with Gasteiger partial charge in [-0.3, -0.25) is 53.8 Å². The molecule has 0 saturated heterocycles. The molecule has 0 unspecified atom stereocenters. The van der Waals surface area contributed by atoms with Gasteiger partial charge in [-0.1, -0.05) is 0 Å². The van der Waals surface area contributed by atoms with Crippen LogP contribution in [0.3, 0.4) is 0 Å². The number of hydrogen-bond acceptors (Lipinski definition) is 12. The summed E-state index contributed by atoms with van der Waals surface area (Å²) in [5.41, 5.74) is 24.8. The fraction of sp³-hybridized carbons (Fsp3) is 0.0972. The summed E-state index contributed by atoms with van der Waals surface area (Å²) in [6, 6.07) is 16.4. The Kier molecular flexibility index (Phi) is 10.7. The number of pyridine rings is 7. The van der Waals surface area contributed by atoms with Crippen molar-refractivity contribution in [2.45, 2.75) is 32.7 Å². The number of imidazole rings is 6. The van der Waals surface area contributed by atoms with E-state index in [1.165, 1.54) is 109 Å². The Hall–Kier alpha value is -12.6. The lowest BCUT2D eigenvalue weighted by molar-refractivity contribution is -0.670. The predicted molar refractivity (Wildman–Crippen MR) is 363 cm³/mol. The topological polar surface area (TPSA) is 186 Å². The van der Waals surface area contributed by atoms with Crippen LogP contribution in [0.1, 0.15) is 31.9 Å². The highest BCUT2D eigenvalue weighted by Gasteiger charge is 2.38. The zero-order valence-electron chi connectivity index (χ0n) is 54.4. The van der Waals surface area contributed by atoms with E-state index in [0.29, 0.717) is 5.52 Å². The molecule has 0 fully saturated rings. The second-order valence-electron chi connectivity index (χ2n) is 24.6. The SMILES string of the molecule is Cn1c2cnccc2c2c1sc1[n+]2Cc2ccncc2-1.[2H]C([2H])([2H])n1c2cnccc2c2c1sc1[n+]2Cc2ccncc2-1.c1cc2c(cn1)-c1c3n4cnccc4c[n+]3cn1C2.c1cc2c(cn1)-c1c[n+]3cc4cnccn4c3n1C2.c1cc2c(cn1)-c1n3cc4cnccn4c3c[n+]1C2. The Labute approximate surface area is 560 Å². The fourth-order valence-corrected chi connectivity index (χ4v) is 17.6. The van der Waals surface area contributed by atoms with Crippen molar-refractivity contribution in [3.63, 3.8) is 0 Å². The highest BCUT2D eigenvalue weighted by atomic mass is 32.1. The zero-order valence-corrected chi connectivity index (χ0v) is 53.1. The molecule has 97 heavy (non-hydrogen) atoms. The lowest BCUT2D eigenvalue weighted by Crippen LogP contribution is -2.30. The molecule has 25 heteroatoms. The van der Waals surface area contributed by atoms with Gasteiger partial charge in [0.2, 0.25) is 0 Å². The number of aromatic nitrogens is 23. The highest BCUT2D eigenvalue weighted by molar-refractivity contribution is 7.21. The fourth-order valence-electron chi connectivity index (χ4n) is 15.1. The summed E-state index contributed by atoms with van der Waals surface area (Å²) in [7, 11) is 2.11. The van der Waals surface area contributed by atoms with Gasteiger partial charge in [0.15, 0.2) is 52.8 Å². The number of hydrogen-bond donors (Lipinski definition) is 0. The monoisotopic (exact) mass is 1310 g/mol. The molecular weight excluding hydrogens is 1250 g/mol. The molecular formula is C72H52N23S2+5. The Balaban J connectivity index is 0.0000000820. The Bertz CT molecular complexity index is 6820. The van der Waals surface area contributed by atoms with E-state index in [2.05, 4.69) is 178 Å². The summed E-state index contributed by atoms with van der Waals surface area (Å²) in [4.78, 5) is 44.2. The maximum Gasteiger partial charge on any atom is 0.375 e. The van der Waals surface area contributed by atoms with Gasteiger partial charge in [0, 0.05) is 150 Å². The second kappa shape index (κ2) is 20.4. The van der Waals surface area contributed by atoms with Crippen molar-refractivity contribution < 1.29 is 26.6 Å². The lowest BCUT2D eigenvalue weighted by Gasteiger charge is -1.93. The van der Waals surface area contributed by atoms with E-state index in [4.69, 9.17) is 4.11 Å². The maximum absolute atomic E-state index is 7.91. The molecule has 0 aromatic carbocycles. The van der Waals surface area contributed by atoms with E-state index in [1.807, 2.05) is 147 Å². The number of aryl methyl sites for hydroxylation is 2. The first kappa shape index (κ1) is 50.9. The van der Waals surface area contributed by atoms with Crippen molar-refractivity contribution in [3.05, 3.63) is 250 Å². The van der Waals surface area contributed by atoms with E-state index in [0.717, 1.165) is 92.7 Å². The van der Waals surface area contributed by atoms with Gasteiger partial charge in [-0.2, -0.15) is 17.9 Å². The first-order chi connectivity index (χ1) is 49.1. The minimum Gasteiger partial charge on any atom is -0.329 e. The van der Waals surface area contributed by atoms with Crippen molar-refractivity contribution in [1.82, 2.24) is 85.7 Å². The van der Waals surface area contributed by atoms with Gasteiger partial charge in [-0.15, -0.1) is 0 Å². The van der Waals surface area contributed by atoms with Gasteiger partial charge in [-0.05, 0) is 71.2 Å². The first-order valence-corrected chi connectivity index (χ1v) is 33.1. The van der Waals surface area contributed by atoms with Crippen LogP contribution in [0.25, 0.3) is 131 Å². The van der Waals surface area contributed by atoms with Crippen LogP contribution in [-0.4, -0.2) is 85.7 Å². The predicted octanol–water partition coefficient (Wildman–Crippen LogP) is 8.89. The molecule has 25 heterocycles. The van der Waals surface area contributed by atoms with Crippen LogP contribution < -0.4 is 22.5 Å². The van der Waals surface area contributed by atoms with Crippen molar-refractivity contribution in [3.8, 4) is 55.0 Å². The molecule has 20 aromatic heterocycles. The van der Waals surface area contributed by atoms with Crippen LogP contribution in [0.4, 0.5) is 0 Å². The van der Waals surface area contributed by atoms with Crippen molar-refractivity contribution >= 4 is 98.8 Å². The molecule has 0 N–H and O–H groups in total. The summed E-state index contributed by atoms with van der Waals surface area (Å²) < 4.78 is 51.8. The van der Waals surface area contributed by atoms with E-state index >= 15 is 0 Å². The first-order valence-electron chi connectivity index (χ1n) is 32.9. The van der Waals surface area contributed by atoms with Crippen LogP contribution in [-0.2, 0) is 46.7 Å². The summed E-state index contributed by atoms with van der Waals surface area (Å²) in [5.74, 6) is 2.35. The van der Waals surface area contributed by atoms with E-state index in [1.54, 1.807) is 18.6 Å². The molecule has 5 aliphatic heterocycles. The maximum atomic E-state index is 7.91. The number of fused-ring (bicyclic) bond motifs is 35. The van der Waals surface area contributed by atoms with Gasteiger partial charge in [0.1, 0.15) is 48.1 Å². The largest absolute Gasteiger partial charge is 0.375 e. The standard InChI is InChI=1S/2C15H11N4S.3C14H10N5/c2*1-18-12-7-17-5-3-10(12)13-15(18)20-14-11-6-16-4-2-9(11)8-19(13)14;1-3-15-5-12-10(1)6-17-9-18-7-11-2-4-16-8-19(11)14(18)13(12)17;1-2-15-6-12-10(1)7-17-9-13-18-4-3-16-5-11(18)8-19(13)14(12)17;1-2-15-6-12-10(1)7-19-13(12)9-17-8-11-5-16-3-4-18(11)14(17)19/h2*2-7H,8H2,1H3;1-5,7-9H,6H2;2*1-6,8-9H,7H2/q5*+1/i1D3;;;;. The molecule has 0 bridgehead atoms. The third kappa shape index (κ3) is 7.84. The van der Waals surface area contributed by atoms with Gasteiger partial charge in [0.25, 0.3) is 38.2 Å². The summed E-state index contributed by atoms with van der Waals surface area (Å²) in [5, 5.41) is 4.58. The average Bonchev–Trinajstić information content (AvgIpc) is 1.57. The highest BCUT2D eigenvalue weighted by Crippen LogP contribution is 2.41. The third-order valence-electron chi connectivity index (χ3n) is 19.4. The van der Waals surface area contributed by atoms with Crippen LogP contribution in [0.5, 0.6) is 0 Å². The number of rotatable bonds is 0. The van der Waals surface area contributed by atoms with Crippen molar-refractivity contribution in [2.24, 2.45) is 14.0 Å². The minimum absolute atomic E-state index is 0.651. The lowest BCUT2D eigenvalue weighted by atomic mass is 10.1. The van der Waals surface area contributed by atoms with Crippen LogP contribution >= 0.6 is 22.7 Å². The van der Waals surface area contributed by atoms with Crippen LogP contribution in [0.15, 0.2) is 222 Å². The molecule has 0 radical (unpaired) electrons. The van der Waals surface area contributed by atoms with Gasteiger partial charge in [-0.25, -0.2) is 27.3 Å². The third-order valence-corrected chi connectivity index (χ3v) is 21.9. The molecule has 23 nitrogen and oxygen atoms in total. The number of thiazole rings is 2. The van der Waals surface area contributed by atoms with Crippen molar-refractivity contribution in [2.75, 3.05) is 0 Å². The normalized spacial score (nSPS) is 13.6. The number of nitrogens with zero attached hydrogens (tertiary/aromatic N) is 23. The molecule has 5 aliphatic rings. The molecule has 25 rings (SSSR count). The second-order valence-corrected chi connectivity index (χ2v) is 26.5. The Morgan fingerprint density at radius 3 is 1.74 bits per heavy atom. The summed E-state index contributed by atoms with van der Waals surface area (Å²) in [6.45, 7) is 2.18. The van der Waals surface area contributed by atoms with E-state index in [9.17, 15) is 0 Å².